The molecule has 3 nitrogen and oxygen atoms in total. The van der Waals surface area contributed by atoms with Crippen LogP contribution in [0.25, 0.3) is 11.1 Å². The van der Waals surface area contributed by atoms with Crippen LogP contribution in [0.3, 0.4) is 0 Å². The molecule has 0 aromatic heterocycles. The van der Waals surface area contributed by atoms with Crippen molar-refractivity contribution >= 4 is 23.0 Å². The number of anilines is 1. The Hall–Kier alpha value is -1.91. The van der Waals surface area contributed by atoms with Gasteiger partial charge in [0.15, 0.2) is 5.11 Å². The molecule has 1 fully saturated rings. The number of piperidine rings is 1. The lowest BCUT2D eigenvalue weighted by Gasteiger charge is -2.26. The fourth-order valence-electron chi connectivity index (χ4n) is 3.14. The summed E-state index contributed by atoms with van der Waals surface area (Å²) in [5.41, 5.74) is 3.40. The number of likely N-dealkylation sites (tertiary alicyclic amines) is 1. The smallest absolute Gasteiger partial charge is 0.170 e. The van der Waals surface area contributed by atoms with Crippen molar-refractivity contribution in [1.82, 2.24) is 10.2 Å². The minimum Gasteiger partial charge on any atom is -0.361 e. The van der Waals surface area contributed by atoms with Gasteiger partial charge in [-0.15, -0.1) is 0 Å². The van der Waals surface area contributed by atoms with Crippen LogP contribution in [0.5, 0.6) is 0 Å². The Morgan fingerprint density at radius 1 is 0.917 bits per heavy atom. The van der Waals surface area contributed by atoms with Crippen molar-refractivity contribution in [3.8, 4) is 11.1 Å². The third-order valence-electron chi connectivity index (χ3n) is 4.42. The maximum absolute atomic E-state index is 5.47. The Labute approximate surface area is 150 Å². The standard InChI is InChI=1S/C20H25N3S/c24-20(21-13-16-23-14-7-2-8-15-23)22-19-12-6-5-11-18(19)17-9-3-1-4-10-17/h1,3-6,9-12H,2,7-8,13-16H2,(H2,21,22,24). The second-order valence-electron chi connectivity index (χ2n) is 6.19. The molecule has 0 saturated carbocycles. The summed E-state index contributed by atoms with van der Waals surface area (Å²) >= 11 is 5.47. The van der Waals surface area contributed by atoms with Gasteiger partial charge in [-0.25, -0.2) is 0 Å². The summed E-state index contributed by atoms with van der Waals surface area (Å²) in [6, 6.07) is 18.7. The minimum absolute atomic E-state index is 0.690. The largest absolute Gasteiger partial charge is 0.361 e. The molecule has 1 saturated heterocycles. The van der Waals surface area contributed by atoms with Crippen molar-refractivity contribution < 1.29 is 0 Å². The van der Waals surface area contributed by atoms with Crippen LogP contribution in [-0.2, 0) is 0 Å². The van der Waals surface area contributed by atoms with E-state index in [-0.39, 0.29) is 0 Å². The number of para-hydroxylation sites is 1. The highest BCUT2D eigenvalue weighted by Crippen LogP contribution is 2.27. The van der Waals surface area contributed by atoms with E-state index >= 15 is 0 Å². The zero-order chi connectivity index (χ0) is 16.6. The van der Waals surface area contributed by atoms with E-state index in [1.165, 1.54) is 43.5 Å². The molecule has 0 atom stereocenters. The quantitative estimate of drug-likeness (QED) is 0.801. The molecular weight excluding hydrogens is 314 g/mol. The van der Waals surface area contributed by atoms with Crippen molar-refractivity contribution in [2.45, 2.75) is 19.3 Å². The van der Waals surface area contributed by atoms with Gasteiger partial charge in [0.05, 0.1) is 0 Å². The summed E-state index contributed by atoms with van der Waals surface area (Å²) < 4.78 is 0. The maximum atomic E-state index is 5.47. The molecule has 0 amide bonds. The van der Waals surface area contributed by atoms with E-state index in [2.05, 4.69) is 58.0 Å². The van der Waals surface area contributed by atoms with Gasteiger partial charge in [0.2, 0.25) is 0 Å². The molecule has 0 radical (unpaired) electrons. The molecule has 2 aromatic rings. The fraction of sp³-hybridized carbons (Fsp3) is 0.350. The predicted molar refractivity (Wildman–Crippen MR) is 106 cm³/mol. The molecule has 1 aliphatic heterocycles. The number of rotatable bonds is 5. The topological polar surface area (TPSA) is 27.3 Å². The SMILES string of the molecule is S=C(NCCN1CCCCC1)Nc1ccccc1-c1ccccc1. The highest BCUT2D eigenvalue weighted by Gasteiger charge is 2.10. The Balaban J connectivity index is 1.55. The van der Waals surface area contributed by atoms with E-state index in [1.807, 2.05) is 12.1 Å². The van der Waals surface area contributed by atoms with Gasteiger partial charge in [-0.1, -0.05) is 55.0 Å². The maximum Gasteiger partial charge on any atom is 0.170 e. The number of hydrogen-bond donors (Lipinski definition) is 2. The second kappa shape index (κ2) is 8.81. The molecule has 0 aliphatic carbocycles. The first-order valence-electron chi connectivity index (χ1n) is 8.74. The molecule has 126 valence electrons. The van der Waals surface area contributed by atoms with Gasteiger partial charge in [-0.3, -0.25) is 0 Å². The normalized spacial score (nSPS) is 15.0. The summed E-state index contributed by atoms with van der Waals surface area (Å²) in [5, 5.41) is 7.37. The lowest BCUT2D eigenvalue weighted by atomic mass is 10.0. The number of nitrogens with zero attached hydrogens (tertiary/aromatic N) is 1. The van der Waals surface area contributed by atoms with Gasteiger partial charge in [0.25, 0.3) is 0 Å². The van der Waals surface area contributed by atoms with Crippen molar-refractivity contribution in [2.75, 3.05) is 31.5 Å². The van der Waals surface area contributed by atoms with Crippen LogP contribution in [-0.4, -0.2) is 36.2 Å². The van der Waals surface area contributed by atoms with Crippen LogP contribution in [0, 0.1) is 0 Å². The van der Waals surface area contributed by atoms with E-state index in [0.717, 1.165) is 18.8 Å². The van der Waals surface area contributed by atoms with E-state index in [4.69, 9.17) is 12.2 Å². The minimum atomic E-state index is 0.690. The fourth-order valence-corrected chi connectivity index (χ4v) is 3.35. The summed E-state index contributed by atoms with van der Waals surface area (Å²) in [5.74, 6) is 0. The summed E-state index contributed by atoms with van der Waals surface area (Å²) in [6.07, 6.45) is 4.03. The number of nitrogens with one attached hydrogen (secondary N) is 2. The molecule has 4 heteroatoms. The van der Waals surface area contributed by atoms with E-state index in [9.17, 15) is 0 Å². The van der Waals surface area contributed by atoms with Crippen molar-refractivity contribution in [3.05, 3.63) is 54.6 Å². The second-order valence-corrected chi connectivity index (χ2v) is 6.60. The molecule has 0 spiro atoms. The number of hydrogen-bond acceptors (Lipinski definition) is 2. The molecule has 1 aliphatic rings. The molecule has 3 rings (SSSR count). The Bertz CT molecular complexity index is 651. The van der Waals surface area contributed by atoms with Crippen molar-refractivity contribution in [1.29, 1.82) is 0 Å². The molecular formula is C20H25N3S. The molecule has 0 unspecified atom stereocenters. The highest BCUT2D eigenvalue weighted by atomic mass is 32.1. The molecule has 1 heterocycles. The van der Waals surface area contributed by atoms with Crippen molar-refractivity contribution in [3.63, 3.8) is 0 Å². The average molecular weight is 340 g/mol. The van der Waals surface area contributed by atoms with Gasteiger partial charge in [0, 0.05) is 24.3 Å². The Kier molecular flexibility index (Phi) is 6.21. The monoisotopic (exact) mass is 339 g/mol. The molecule has 24 heavy (non-hydrogen) atoms. The van der Waals surface area contributed by atoms with Crippen LogP contribution in [0.1, 0.15) is 19.3 Å². The third-order valence-corrected chi connectivity index (χ3v) is 4.67. The number of benzene rings is 2. The predicted octanol–water partition coefficient (Wildman–Crippen LogP) is 4.13. The first-order chi connectivity index (χ1) is 11.8. The van der Waals surface area contributed by atoms with Gasteiger partial charge in [-0.05, 0) is 49.8 Å². The molecule has 0 bridgehead atoms. The van der Waals surface area contributed by atoms with Crippen LogP contribution < -0.4 is 10.6 Å². The van der Waals surface area contributed by atoms with E-state index < -0.39 is 0 Å². The first kappa shape index (κ1) is 16.9. The van der Waals surface area contributed by atoms with E-state index in [0.29, 0.717) is 5.11 Å². The van der Waals surface area contributed by atoms with Gasteiger partial charge in [-0.2, -0.15) is 0 Å². The average Bonchev–Trinajstić information content (AvgIpc) is 2.64. The third kappa shape index (κ3) is 4.79. The Morgan fingerprint density at radius 2 is 1.62 bits per heavy atom. The summed E-state index contributed by atoms with van der Waals surface area (Å²) in [6.45, 7) is 4.39. The van der Waals surface area contributed by atoms with Crippen LogP contribution in [0.2, 0.25) is 0 Å². The summed E-state index contributed by atoms with van der Waals surface area (Å²) in [4.78, 5) is 2.51. The summed E-state index contributed by atoms with van der Waals surface area (Å²) in [7, 11) is 0. The zero-order valence-electron chi connectivity index (χ0n) is 14.0. The lowest BCUT2D eigenvalue weighted by Crippen LogP contribution is -2.39. The van der Waals surface area contributed by atoms with Crippen LogP contribution in [0.15, 0.2) is 54.6 Å². The van der Waals surface area contributed by atoms with Crippen molar-refractivity contribution in [2.24, 2.45) is 0 Å². The van der Waals surface area contributed by atoms with Gasteiger partial charge in [0.1, 0.15) is 0 Å². The first-order valence-corrected chi connectivity index (χ1v) is 9.15. The van der Waals surface area contributed by atoms with Crippen LogP contribution in [0.4, 0.5) is 5.69 Å². The zero-order valence-corrected chi connectivity index (χ0v) is 14.8. The highest BCUT2D eigenvalue weighted by molar-refractivity contribution is 7.80. The lowest BCUT2D eigenvalue weighted by molar-refractivity contribution is 0.232. The molecule has 2 N–H and O–H groups in total. The van der Waals surface area contributed by atoms with Gasteiger partial charge >= 0.3 is 0 Å². The number of thiocarbonyl (C=S) groups is 1. The van der Waals surface area contributed by atoms with Crippen LogP contribution >= 0.6 is 12.2 Å². The molecule has 2 aromatic carbocycles. The Morgan fingerprint density at radius 3 is 2.42 bits per heavy atom. The van der Waals surface area contributed by atoms with E-state index in [1.54, 1.807) is 0 Å². The van der Waals surface area contributed by atoms with Gasteiger partial charge < -0.3 is 15.5 Å².